The lowest BCUT2D eigenvalue weighted by atomic mass is 9.94. The molecule has 1 unspecified atom stereocenters. The number of carbonyl (C=O) groups is 1. The van der Waals surface area contributed by atoms with Crippen molar-refractivity contribution >= 4 is 5.91 Å². The predicted octanol–water partition coefficient (Wildman–Crippen LogP) is 0.855. The Morgan fingerprint density at radius 1 is 1.56 bits per heavy atom. The molecule has 0 saturated heterocycles. The van der Waals surface area contributed by atoms with Crippen LogP contribution in [0.4, 0.5) is 0 Å². The maximum atomic E-state index is 12.2. The largest absolute Gasteiger partial charge is 0.383 e. The lowest BCUT2D eigenvalue weighted by Crippen LogP contribution is -2.43. The summed E-state index contributed by atoms with van der Waals surface area (Å²) in [4.78, 5) is 14.1. The van der Waals surface area contributed by atoms with Crippen LogP contribution in [0.2, 0.25) is 0 Å². The number of carbonyl (C=O) groups excluding carboxylic acids is 1. The first-order valence-corrected chi connectivity index (χ1v) is 6.07. The van der Waals surface area contributed by atoms with Crippen molar-refractivity contribution in [3.63, 3.8) is 0 Å². The summed E-state index contributed by atoms with van der Waals surface area (Å²) in [6.45, 7) is 3.22. The molecule has 4 heteroatoms. The average molecular weight is 228 g/mol. The lowest BCUT2D eigenvalue weighted by Gasteiger charge is -2.29. The number of hydrogen-bond donors (Lipinski definition) is 1. The quantitative estimate of drug-likeness (QED) is 0.759. The van der Waals surface area contributed by atoms with E-state index in [-0.39, 0.29) is 17.9 Å². The summed E-state index contributed by atoms with van der Waals surface area (Å²) >= 11 is 0. The molecule has 3 atom stereocenters. The Morgan fingerprint density at radius 2 is 2.25 bits per heavy atom. The van der Waals surface area contributed by atoms with Gasteiger partial charge in [-0.1, -0.05) is 6.42 Å². The van der Waals surface area contributed by atoms with E-state index in [9.17, 15) is 4.79 Å². The fraction of sp³-hybridized carbons (Fsp3) is 0.917. The second-order valence-corrected chi connectivity index (χ2v) is 4.79. The molecular weight excluding hydrogens is 204 g/mol. The van der Waals surface area contributed by atoms with Gasteiger partial charge in [-0.05, 0) is 32.2 Å². The van der Waals surface area contributed by atoms with Crippen molar-refractivity contribution in [3.05, 3.63) is 0 Å². The number of nitrogens with two attached hydrogens (primary N) is 1. The Bertz CT molecular complexity index is 233. The van der Waals surface area contributed by atoms with Crippen molar-refractivity contribution in [2.24, 2.45) is 17.6 Å². The van der Waals surface area contributed by atoms with E-state index in [2.05, 4.69) is 0 Å². The first-order chi connectivity index (χ1) is 7.61. The molecule has 2 N–H and O–H groups in total. The Labute approximate surface area is 98.1 Å². The van der Waals surface area contributed by atoms with Crippen LogP contribution in [0.25, 0.3) is 0 Å². The van der Waals surface area contributed by atoms with Gasteiger partial charge in [0.1, 0.15) is 0 Å². The number of amides is 1. The Kier molecular flexibility index (Phi) is 5.22. The first kappa shape index (κ1) is 13.5. The molecule has 1 fully saturated rings. The van der Waals surface area contributed by atoms with Crippen molar-refractivity contribution in [1.29, 1.82) is 0 Å². The highest BCUT2D eigenvalue weighted by Crippen LogP contribution is 2.32. The average Bonchev–Trinajstić information content (AvgIpc) is 2.75. The molecule has 16 heavy (non-hydrogen) atoms. The highest BCUT2D eigenvalue weighted by Gasteiger charge is 2.34. The third-order valence-electron chi connectivity index (χ3n) is 3.70. The van der Waals surface area contributed by atoms with Crippen LogP contribution in [0.5, 0.6) is 0 Å². The van der Waals surface area contributed by atoms with Crippen molar-refractivity contribution in [2.75, 3.05) is 27.3 Å². The van der Waals surface area contributed by atoms with E-state index in [1.54, 1.807) is 7.11 Å². The molecular formula is C12H24N2O2. The van der Waals surface area contributed by atoms with Crippen LogP contribution in [0.15, 0.2) is 0 Å². The Morgan fingerprint density at radius 3 is 2.81 bits per heavy atom. The van der Waals surface area contributed by atoms with Gasteiger partial charge in [0.2, 0.25) is 5.91 Å². The van der Waals surface area contributed by atoms with Gasteiger partial charge < -0.3 is 15.4 Å². The molecule has 0 aromatic carbocycles. The second-order valence-electron chi connectivity index (χ2n) is 4.79. The van der Waals surface area contributed by atoms with E-state index in [1.807, 2.05) is 18.9 Å². The molecule has 0 heterocycles. The van der Waals surface area contributed by atoms with Gasteiger partial charge in [-0.2, -0.15) is 0 Å². The van der Waals surface area contributed by atoms with Crippen LogP contribution in [0.1, 0.15) is 26.2 Å². The van der Waals surface area contributed by atoms with Gasteiger partial charge in [-0.15, -0.1) is 0 Å². The minimum atomic E-state index is 0.134. The highest BCUT2D eigenvalue weighted by molar-refractivity contribution is 5.79. The zero-order valence-corrected chi connectivity index (χ0v) is 10.6. The minimum absolute atomic E-state index is 0.134. The second kappa shape index (κ2) is 6.21. The summed E-state index contributed by atoms with van der Waals surface area (Å²) in [5.41, 5.74) is 5.70. The zero-order valence-electron chi connectivity index (χ0n) is 10.6. The summed E-state index contributed by atoms with van der Waals surface area (Å²) < 4.78 is 5.07. The number of nitrogens with zero attached hydrogens (tertiary/aromatic N) is 1. The van der Waals surface area contributed by atoms with E-state index in [4.69, 9.17) is 10.5 Å². The molecule has 0 bridgehead atoms. The monoisotopic (exact) mass is 228 g/mol. The fourth-order valence-corrected chi connectivity index (χ4v) is 2.48. The van der Waals surface area contributed by atoms with E-state index < -0.39 is 0 Å². The van der Waals surface area contributed by atoms with Crippen LogP contribution in [0.3, 0.4) is 0 Å². The smallest absolute Gasteiger partial charge is 0.226 e. The molecule has 1 aliphatic rings. The summed E-state index contributed by atoms with van der Waals surface area (Å²) in [5, 5.41) is 0. The third-order valence-corrected chi connectivity index (χ3v) is 3.70. The van der Waals surface area contributed by atoms with Gasteiger partial charge in [0.05, 0.1) is 12.6 Å². The molecule has 1 amide bonds. The molecule has 0 radical (unpaired) electrons. The van der Waals surface area contributed by atoms with Gasteiger partial charge in [0, 0.05) is 20.1 Å². The maximum absolute atomic E-state index is 12.2. The normalized spacial score (nSPS) is 26.8. The van der Waals surface area contributed by atoms with Crippen LogP contribution in [-0.4, -0.2) is 44.2 Å². The lowest BCUT2D eigenvalue weighted by molar-refractivity contribution is -0.138. The summed E-state index contributed by atoms with van der Waals surface area (Å²) in [6, 6.07) is 0.136. The minimum Gasteiger partial charge on any atom is -0.383 e. The summed E-state index contributed by atoms with van der Waals surface area (Å²) in [5.74, 6) is 0.747. The summed E-state index contributed by atoms with van der Waals surface area (Å²) in [6.07, 6.45) is 3.22. The third kappa shape index (κ3) is 2.95. The van der Waals surface area contributed by atoms with Crippen molar-refractivity contribution < 1.29 is 9.53 Å². The standard InChI is InChI=1S/C12H24N2O2/c1-9(8-16-3)14(2)12(15)11-6-4-5-10(11)7-13/h9-11H,4-8,13H2,1-3H3/t9?,10-,11-/m1/s1. The highest BCUT2D eigenvalue weighted by atomic mass is 16.5. The number of methoxy groups -OCH3 is 1. The molecule has 0 aromatic rings. The number of likely N-dealkylation sites (N-methyl/N-ethyl adjacent to an activating group) is 1. The van der Waals surface area contributed by atoms with E-state index in [1.165, 1.54) is 0 Å². The molecule has 0 aliphatic heterocycles. The van der Waals surface area contributed by atoms with Gasteiger partial charge in [-0.3, -0.25) is 4.79 Å². The Balaban J connectivity index is 2.55. The van der Waals surface area contributed by atoms with Crippen LogP contribution < -0.4 is 5.73 Å². The van der Waals surface area contributed by atoms with Crippen molar-refractivity contribution in [3.8, 4) is 0 Å². The molecule has 1 saturated carbocycles. The number of hydrogen-bond acceptors (Lipinski definition) is 3. The maximum Gasteiger partial charge on any atom is 0.226 e. The Hall–Kier alpha value is -0.610. The van der Waals surface area contributed by atoms with E-state index in [0.717, 1.165) is 19.3 Å². The van der Waals surface area contributed by atoms with E-state index >= 15 is 0 Å². The molecule has 94 valence electrons. The van der Waals surface area contributed by atoms with Gasteiger partial charge in [0.15, 0.2) is 0 Å². The molecule has 1 aliphatic carbocycles. The van der Waals surface area contributed by atoms with Crippen LogP contribution in [-0.2, 0) is 9.53 Å². The zero-order chi connectivity index (χ0) is 12.1. The van der Waals surface area contributed by atoms with Gasteiger partial charge >= 0.3 is 0 Å². The molecule has 1 rings (SSSR count). The number of ether oxygens (including phenoxy) is 1. The fourth-order valence-electron chi connectivity index (χ4n) is 2.48. The summed E-state index contributed by atoms with van der Waals surface area (Å²) in [7, 11) is 3.52. The number of rotatable bonds is 5. The van der Waals surface area contributed by atoms with Crippen LogP contribution >= 0.6 is 0 Å². The molecule has 4 nitrogen and oxygen atoms in total. The van der Waals surface area contributed by atoms with Crippen molar-refractivity contribution in [2.45, 2.75) is 32.2 Å². The molecule has 0 aromatic heterocycles. The van der Waals surface area contributed by atoms with Gasteiger partial charge in [-0.25, -0.2) is 0 Å². The SMILES string of the molecule is COCC(C)N(C)C(=O)[C@@H]1CCC[C@@H]1CN. The van der Waals surface area contributed by atoms with Crippen LogP contribution in [0, 0.1) is 11.8 Å². The predicted molar refractivity (Wildman–Crippen MR) is 64.0 cm³/mol. The van der Waals surface area contributed by atoms with Crippen molar-refractivity contribution in [1.82, 2.24) is 4.90 Å². The first-order valence-electron chi connectivity index (χ1n) is 6.07. The van der Waals surface area contributed by atoms with Gasteiger partial charge in [0.25, 0.3) is 0 Å². The van der Waals surface area contributed by atoms with E-state index in [0.29, 0.717) is 19.1 Å². The molecule has 0 spiro atoms. The topological polar surface area (TPSA) is 55.6 Å².